The van der Waals surface area contributed by atoms with Gasteiger partial charge in [0.25, 0.3) is 5.91 Å². The number of rotatable bonds is 4. The van der Waals surface area contributed by atoms with Gasteiger partial charge < -0.3 is 14.8 Å². The number of pyridine rings is 1. The zero-order valence-corrected chi connectivity index (χ0v) is 15.5. The minimum Gasteiger partial charge on any atom is -0.437 e. The highest BCUT2D eigenvalue weighted by atomic mass is 19.1. The summed E-state index contributed by atoms with van der Waals surface area (Å²) in [5.41, 5.74) is 2.18. The monoisotopic (exact) mass is 398 g/mol. The van der Waals surface area contributed by atoms with Gasteiger partial charge in [-0.25, -0.2) is 13.6 Å². The zero-order valence-electron chi connectivity index (χ0n) is 15.5. The van der Waals surface area contributed by atoms with Gasteiger partial charge in [0.2, 0.25) is 0 Å². The predicted octanol–water partition coefficient (Wildman–Crippen LogP) is 4.73. The molecule has 0 atom stereocenters. The van der Waals surface area contributed by atoms with E-state index in [0.29, 0.717) is 11.4 Å². The number of carbonyl (C=O) groups excluding carboxylic acids is 2. The van der Waals surface area contributed by atoms with Crippen molar-refractivity contribution in [3.05, 3.63) is 77.6 Å². The Bertz CT molecular complexity index is 1050. The van der Waals surface area contributed by atoms with Crippen molar-refractivity contribution in [3.8, 4) is 16.9 Å². The van der Waals surface area contributed by atoms with Crippen molar-refractivity contribution in [1.29, 1.82) is 0 Å². The Kier molecular flexibility index (Phi) is 5.82. The lowest BCUT2D eigenvalue weighted by Gasteiger charge is -2.11. The van der Waals surface area contributed by atoms with Crippen molar-refractivity contribution in [1.82, 2.24) is 4.98 Å². The number of anilines is 1. The third-order valence-electron chi connectivity index (χ3n) is 4.11. The standard InChI is InChI=1S/C21H16F2N2O4/c1-12-3-8-15(29-21(27)28-2)9-16(12)13-4-6-14(7-5-13)25-20(26)19-17(22)10-24-11-18(19)23/h3-11H,1-2H3,(H,25,26). The van der Waals surface area contributed by atoms with Crippen molar-refractivity contribution >= 4 is 17.7 Å². The van der Waals surface area contributed by atoms with E-state index in [-0.39, 0.29) is 0 Å². The Morgan fingerprint density at radius 1 is 1.00 bits per heavy atom. The third-order valence-corrected chi connectivity index (χ3v) is 4.11. The molecule has 0 radical (unpaired) electrons. The maximum atomic E-state index is 13.7. The Morgan fingerprint density at radius 2 is 1.66 bits per heavy atom. The number of hydrogen-bond donors (Lipinski definition) is 1. The summed E-state index contributed by atoms with van der Waals surface area (Å²) in [5.74, 6) is -2.69. The van der Waals surface area contributed by atoms with Crippen molar-refractivity contribution in [2.45, 2.75) is 6.92 Å². The summed E-state index contributed by atoms with van der Waals surface area (Å²) in [6.07, 6.45) is 0.717. The fourth-order valence-electron chi connectivity index (χ4n) is 2.67. The molecule has 0 saturated carbocycles. The van der Waals surface area contributed by atoms with E-state index in [1.54, 1.807) is 42.5 Å². The van der Waals surface area contributed by atoms with Crippen LogP contribution in [0.1, 0.15) is 15.9 Å². The van der Waals surface area contributed by atoms with Crippen LogP contribution in [0.2, 0.25) is 0 Å². The molecule has 0 aliphatic heterocycles. The molecule has 0 bridgehead atoms. The number of carbonyl (C=O) groups is 2. The van der Waals surface area contributed by atoms with Gasteiger partial charge in [0.15, 0.2) is 11.6 Å². The van der Waals surface area contributed by atoms with Crippen molar-refractivity contribution in [2.24, 2.45) is 0 Å². The van der Waals surface area contributed by atoms with E-state index in [2.05, 4.69) is 15.0 Å². The molecule has 3 rings (SSSR count). The van der Waals surface area contributed by atoms with Gasteiger partial charge >= 0.3 is 6.16 Å². The topological polar surface area (TPSA) is 77.5 Å². The molecular weight excluding hydrogens is 382 g/mol. The SMILES string of the molecule is COC(=O)Oc1ccc(C)c(-c2ccc(NC(=O)c3c(F)cncc3F)cc2)c1. The molecule has 1 N–H and O–H groups in total. The van der Waals surface area contributed by atoms with E-state index in [1.165, 1.54) is 7.11 Å². The molecule has 0 unspecified atom stereocenters. The lowest BCUT2D eigenvalue weighted by atomic mass is 10.00. The van der Waals surface area contributed by atoms with Crippen molar-refractivity contribution in [2.75, 3.05) is 12.4 Å². The van der Waals surface area contributed by atoms with Gasteiger partial charge in [-0.2, -0.15) is 0 Å². The quantitative estimate of drug-likeness (QED) is 0.508. The number of benzene rings is 2. The molecular formula is C21H16F2N2O4. The van der Waals surface area contributed by atoms with E-state index in [9.17, 15) is 18.4 Å². The normalized spacial score (nSPS) is 10.3. The summed E-state index contributed by atoms with van der Waals surface area (Å²) in [7, 11) is 1.22. The number of ether oxygens (including phenoxy) is 2. The van der Waals surface area contributed by atoms with Gasteiger partial charge in [0.05, 0.1) is 19.5 Å². The number of aryl methyl sites for hydroxylation is 1. The van der Waals surface area contributed by atoms with Gasteiger partial charge in [-0.05, 0) is 47.9 Å². The number of aromatic nitrogens is 1. The van der Waals surface area contributed by atoms with Crippen molar-refractivity contribution in [3.63, 3.8) is 0 Å². The average molecular weight is 398 g/mol. The van der Waals surface area contributed by atoms with Gasteiger partial charge in [-0.3, -0.25) is 9.78 Å². The summed E-state index contributed by atoms with van der Waals surface area (Å²) in [4.78, 5) is 26.8. The molecule has 6 nitrogen and oxygen atoms in total. The summed E-state index contributed by atoms with van der Waals surface area (Å²) in [5, 5.41) is 2.45. The fourth-order valence-corrected chi connectivity index (χ4v) is 2.67. The fraction of sp³-hybridized carbons (Fsp3) is 0.0952. The van der Waals surface area contributed by atoms with E-state index in [0.717, 1.165) is 29.1 Å². The van der Waals surface area contributed by atoms with Crippen LogP contribution in [0.4, 0.5) is 19.3 Å². The summed E-state index contributed by atoms with van der Waals surface area (Å²) >= 11 is 0. The minimum absolute atomic E-state index is 0.318. The number of halogens is 2. The Hall–Kier alpha value is -3.81. The first-order valence-electron chi connectivity index (χ1n) is 8.46. The number of hydrogen-bond acceptors (Lipinski definition) is 5. The lowest BCUT2D eigenvalue weighted by molar-refractivity contribution is 0.101. The molecule has 29 heavy (non-hydrogen) atoms. The molecule has 8 heteroatoms. The molecule has 1 amide bonds. The number of methoxy groups -OCH3 is 1. The highest BCUT2D eigenvalue weighted by molar-refractivity contribution is 6.04. The summed E-state index contributed by atoms with van der Waals surface area (Å²) < 4.78 is 36.9. The smallest absolute Gasteiger partial charge is 0.437 e. The van der Waals surface area contributed by atoms with Crippen molar-refractivity contribution < 1.29 is 27.8 Å². The molecule has 0 aliphatic rings. The van der Waals surface area contributed by atoms with Crippen LogP contribution in [0, 0.1) is 18.6 Å². The van der Waals surface area contributed by atoms with Crippen LogP contribution in [0.3, 0.4) is 0 Å². The van der Waals surface area contributed by atoms with E-state index in [4.69, 9.17) is 4.74 Å². The first kappa shape index (κ1) is 19.9. The number of nitrogens with zero attached hydrogens (tertiary/aromatic N) is 1. The lowest BCUT2D eigenvalue weighted by Crippen LogP contribution is -2.16. The van der Waals surface area contributed by atoms with E-state index in [1.807, 2.05) is 6.92 Å². The first-order valence-corrected chi connectivity index (χ1v) is 8.46. The highest BCUT2D eigenvalue weighted by Crippen LogP contribution is 2.29. The molecule has 3 aromatic rings. The zero-order chi connectivity index (χ0) is 21.0. The van der Waals surface area contributed by atoms with Gasteiger partial charge in [-0.1, -0.05) is 18.2 Å². The third kappa shape index (κ3) is 4.55. The van der Waals surface area contributed by atoms with Crippen LogP contribution in [-0.4, -0.2) is 24.2 Å². The molecule has 1 aromatic heterocycles. The number of nitrogens with one attached hydrogen (secondary N) is 1. The molecule has 0 fully saturated rings. The van der Waals surface area contributed by atoms with Gasteiger partial charge in [-0.15, -0.1) is 0 Å². The molecule has 0 aliphatic carbocycles. The first-order chi connectivity index (χ1) is 13.9. The van der Waals surface area contributed by atoms with Crippen LogP contribution < -0.4 is 10.1 Å². The van der Waals surface area contributed by atoms with Gasteiger partial charge in [0.1, 0.15) is 11.3 Å². The largest absolute Gasteiger partial charge is 0.513 e. The maximum Gasteiger partial charge on any atom is 0.513 e. The van der Waals surface area contributed by atoms with Crippen LogP contribution in [0.15, 0.2) is 54.9 Å². The minimum atomic E-state index is -1.04. The average Bonchev–Trinajstić information content (AvgIpc) is 2.70. The summed E-state index contributed by atoms with van der Waals surface area (Å²) in [6.45, 7) is 1.89. The number of amides is 1. The van der Waals surface area contributed by atoms with Crippen LogP contribution in [-0.2, 0) is 4.74 Å². The highest BCUT2D eigenvalue weighted by Gasteiger charge is 2.18. The van der Waals surface area contributed by atoms with Crippen LogP contribution in [0.25, 0.3) is 11.1 Å². The van der Waals surface area contributed by atoms with E-state index >= 15 is 0 Å². The summed E-state index contributed by atoms with van der Waals surface area (Å²) in [6, 6.07) is 11.7. The van der Waals surface area contributed by atoms with E-state index < -0.39 is 29.3 Å². The molecule has 148 valence electrons. The Labute approximate surface area is 165 Å². The molecule has 2 aromatic carbocycles. The second-order valence-electron chi connectivity index (χ2n) is 6.04. The molecule has 0 spiro atoms. The Morgan fingerprint density at radius 3 is 2.28 bits per heavy atom. The molecule has 0 saturated heterocycles. The van der Waals surface area contributed by atoms with Gasteiger partial charge in [0, 0.05) is 5.69 Å². The predicted molar refractivity (Wildman–Crippen MR) is 102 cm³/mol. The second kappa shape index (κ2) is 8.47. The second-order valence-corrected chi connectivity index (χ2v) is 6.04. The van der Waals surface area contributed by atoms with Crippen LogP contribution >= 0.6 is 0 Å². The molecule has 1 heterocycles. The maximum absolute atomic E-state index is 13.7. The Balaban J connectivity index is 1.81. The van der Waals surface area contributed by atoms with Crippen LogP contribution in [0.5, 0.6) is 5.75 Å².